The van der Waals surface area contributed by atoms with Crippen LogP contribution >= 0.6 is 0 Å². The number of carbonyl (C=O) groups excluding carboxylic acids is 2. The van der Waals surface area contributed by atoms with Crippen LogP contribution in [0.4, 0.5) is 11.4 Å². The van der Waals surface area contributed by atoms with Gasteiger partial charge in [-0.25, -0.2) is 0 Å². The van der Waals surface area contributed by atoms with Gasteiger partial charge >= 0.3 is 0 Å². The van der Waals surface area contributed by atoms with Gasteiger partial charge in [-0.05, 0) is 47.2 Å². The maximum absolute atomic E-state index is 14.0. The smallest absolute Gasteiger partial charge is 0.242 e. The molecule has 7 rings (SSSR count). The second kappa shape index (κ2) is 11.1. The van der Waals surface area contributed by atoms with Crippen LogP contribution in [0.25, 0.3) is 0 Å². The van der Waals surface area contributed by atoms with Crippen molar-refractivity contribution < 1.29 is 19.1 Å². The molecule has 3 aliphatic heterocycles. The van der Waals surface area contributed by atoms with Crippen LogP contribution in [0.2, 0.25) is 0 Å². The van der Waals surface area contributed by atoms with Gasteiger partial charge in [0.1, 0.15) is 0 Å². The number of ether oxygens (including phenoxy) is 2. The first-order valence-corrected chi connectivity index (χ1v) is 15.2. The number of nitrogens with zero attached hydrogens (tertiary/aromatic N) is 3. The van der Waals surface area contributed by atoms with Gasteiger partial charge in [0, 0.05) is 50.4 Å². The second-order valence-electron chi connectivity index (χ2n) is 12.8. The average Bonchev–Trinajstić information content (AvgIpc) is 3.42. The lowest BCUT2D eigenvalue weighted by molar-refractivity contribution is -0.131. The Morgan fingerprint density at radius 2 is 1.65 bits per heavy atom. The first kappa shape index (κ1) is 27.5. The fourth-order valence-corrected chi connectivity index (χ4v) is 6.91. The Hall–Kier alpha value is -4.30. The molecule has 8 heteroatoms. The molecular weight excluding hydrogens is 540 g/mol. The fraction of sp³-hybridized carbons (Fsp3) is 0.371. The van der Waals surface area contributed by atoms with E-state index in [1.165, 1.54) is 5.56 Å². The van der Waals surface area contributed by atoms with Crippen molar-refractivity contribution in [3.8, 4) is 11.5 Å². The molecule has 1 unspecified atom stereocenters. The number of hydrogen-bond donors (Lipinski definition) is 1. The van der Waals surface area contributed by atoms with E-state index >= 15 is 0 Å². The highest BCUT2D eigenvalue weighted by Crippen LogP contribution is 2.48. The maximum atomic E-state index is 14.0. The standard InChI is InChI=1S/C35H38N4O4/c1-35(2)19-27-33(29(40)20-35)34(25-8-4-3-5-9-25)39(28-11-7-6-10-26(28)36-27)22-32(41)38-16-14-37(15-17-38)21-24-12-13-30-31(18-24)43-23-42-30/h3-13,18,34,36H,14-17,19-23H2,1-2H3. The molecule has 1 fully saturated rings. The molecule has 222 valence electrons. The number of amides is 1. The number of para-hydroxylation sites is 2. The van der Waals surface area contributed by atoms with Crippen molar-refractivity contribution in [2.45, 2.75) is 39.3 Å². The van der Waals surface area contributed by atoms with Gasteiger partial charge in [-0.2, -0.15) is 0 Å². The zero-order valence-corrected chi connectivity index (χ0v) is 24.8. The summed E-state index contributed by atoms with van der Waals surface area (Å²) in [6.07, 6.45) is 1.26. The SMILES string of the molecule is CC1(C)CC(=O)C2=C(C1)Nc1ccccc1N(CC(=O)N1CCN(Cc3ccc4c(c3)OCO4)CC1)C2c1ccccc1. The minimum absolute atomic E-state index is 0.0751. The first-order valence-electron chi connectivity index (χ1n) is 15.2. The van der Waals surface area contributed by atoms with Crippen molar-refractivity contribution >= 4 is 23.1 Å². The first-order chi connectivity index (χ1) is 20.8. The molecule has 0 radical (unpaired) electrons. The Balaban J connectivity index is 1.14. The second-order valence-corrected chi connectivity index (χ2v) is 12.8. The predicted molar refractivity (Wildman–Crippen MR) is 166 cm³/mol. The van der Waals surface area contributed by atoms with Gasteiger partial charge in [0.2, 0.25) is 12.7 Å². The molecule has 8 nitrogen and oxygen atoms in total. The minimum atomic E-state index is -0.354. The van der Waals surface area contributed by atoms with Crippen molar-refractivity contribution in [1.29, 1.82) is 0 Å². The van der Waals surface area contributed by atoms with Crippen molar-refractivity contribution in [2.75, 3.05) is 49.7 Å². The summed E-state index contributed by atoms with van der Waals surface area (Å²) in [5.74, 6) is 1.81. The predicted octanol–water partition coefficient (Wildman–Crippen LogP) is 5.38. The van der Waals surface area contributed by atoms with Gasteiger partial charge < -0.3 is 24.6 Å². The van der Waals surface area contributed by atoms with E-state index in [9.17, 15) is 9.59 Å². The van der Waals surface area contributed by atoms with Gasteiger partial charge in [0.05, 0.1) is 24.0 Å². The van der Waals surface area contributed by atoms with Crippen LogP contribution in [0.1, 0.15) is 43.9 Å². The zero-order valence-electron chi connectivity index (χ0n) is 24.8. The molecule has 0 spiro atoms. The number of nitrogens with one attached hydrogen (secondary N) is 1. The minimum Gasteiger partial charge on any atom is -0.454 e. The Bertz CT molecular complexity index is 1580. The summed E-state index contributed by atoms with van der Waals surface area (Å²) >= 11 is 0. The van der Waals surface area contributed by atoms with E-state index in [1.54, 1.807) is 0 Å². The monoisotopic (exact) mass is 578 g/mol. The molecule has 4 aliphatic rings. The van der Waals surface area contributed by atoms with Gasteiger partial charge in [-0.15, -0.1) is 0 Å². The normalized spacial score (nSPS) is 21.2. The molecule has 1 amide bonds. The van der Waals surface area contributed by atoms with Gasteiger partial charge in [0.15, 0.2) is 17.3 Å². The van der Waals surface area contributed by atoms with Gasteiger partial charge in [0.25, 0.3) is 0 Å². The molecule has 43 heavy (non-hydrogen) atoms. The summed E-state index contributed by atoms with van der Waals surface area (Å²) in [4.78, 5) is 34.4. The number of hydrogen-bond acceptors (Lipinski definition) is 7. The Kier molecular flexibility index (Phi) is 7.09. The third-order valence-electron chi connectivity index (χ3n) is 8.99. The Morgan fingerprint density at radius 3 is 2.47 bits per heavy atom. The highest BCUT2D eigenvalue weighted by Gasteiger charge is 2.42. The molecule has 0 aromatic heterocycles. The van der Waals surface area contributed by atoms with E-state index in [4.69, 9.17) is 9.47 Å². The Morgan fingerprint density at radius 1 is 0.907 bits per heavy atom. The number of Topliss-reactive ketones (excluding diaryl/α,β-unsaturated/α-hetero) is 1. The fourth-order valence-electron chi connectivity index (χ4n) is 6.91. The highest BCUT2D eigenvalue weighted by molar-refractivity contribution is 6.01. The molecular formula is C35H38N4O4. The summed E-state index contributed by atoms with van der Waals surface area (Å²) < 4.78 is 11.0. The molecule has 0 saturated carbocycles. The van der Waals surface area contributed by atoms with Crippen molar-refractivity contribution in [3.63, 3.8) is 0 Å². The molecule has 3 aromatic carbocycles. The van der Waals surface area contributed by atoms with Crippen LogP contribution in [0, 0.1) is 5.41 Å². The van der Waals surface area contributed by atoms with E-state index in [1.807, 2.05) is 53.4 Å². The third kappa shape index (κ3) is 5.47. The van der Waals surface area contributed by atoms with E-state index in [0.29, 0.717) is 19.5 Å². The maximum Gasteiger partial charge on any atom is 0.242 e. The quantitative estimate of drug-likeness (QED) is 0.436. The molecule has 1 saturated heterocycles. The number of rotatable bonds is 5. The number of allylic oxidation sites excluding steroid dienone is 1. The van der Waals surface area contributed by atoms with Crippen molar-refractivity contribution in [3.05, 3.63) is 95.2 Å². The summed E-state index contributed by atoms with van der Waals surface area (Å²) in [5.41, 5.74) is 5.67. The molecule has 3 aromatic rings. The lowest BCUT2D eigenvalue weighted by Crippen LogP contribution is -2.51. The lowest BCUT2D eigenvalue weighted by Gasteiger charge is -2.40. The summed E-state index contributed by atoms with van der Waals surface area (Å²) in [6.45, 7) is 8.47. The number of carbonyl (C=O) groups is 2. The number of anilines is 2. The van der Waals surface area contributed by atoms with Crippen LogP contribution in [0.15, 0.2) is 84.1 Å². The van der Waals surface area contributed by atoms with Crippen LogP contribution < -0.4 is 19.7 Å². The molecule has 1 aliphatic carbocycles. The summed E-state index contributed by atoms with van der Waals surface area (Å²) in [7, 11) is 0. The Labute approximate surface area is 252 Å². The molecule has 1 N–H and O–H groups in total. The number of benzene rings is 3. The third-order valence-corrected chi connectivity index (χ3v) is 8.99. The van der Waals surface area contributed by atoms with Crippen molar-refractivity contribution in [2.24, 2.45) is 5.41 Å². The topological polar surface area (TPSA) is 74.4 Å². The number of piperazine rings is 1. The van der Waals surface area contributed by atoms with Crippen LogP contribution in [-0.2, 0) is 16.1 Å². The molecule has 1 atom stereocenters. The van der Waals surface area contributed by atoms with Crippen LogP contribution in [0.3, 0.4) is 0 Å². The van der Waals surface area contributed by atoms with Gasteiger partial charge in [-0.1, -0.05) is 62.4 Å². The average molecular weight is 579 g/mol. The molecule has 3 heterocycles. The number of fused-ring (bicyclic) bond motifs is 2. The number of ketones is 1. The lowest BCUT2D eigenvalue weighted by atomic mass is 9.73. The van der Waals surface area contributed by atoms with E-state index in [2.05, 4.69) is 53.2 Å². The highest BCUT2D eigenvalue weighted by atomic mass is 16.7. The van der Waals surface area contributed by atoms with E-state index < -0.39 is 0 Å². The van der Waals surface area contributed by atoms with Crippen molar-refractivity contribution in [1.82, 2.24) is 9.80 Å². The molecule has 0 bridgehead atoms. The van der Waals surface area contributed by atoms with E-state index in [0.717, 1.165) is 65.8 Å². The largest absolute Gasteiger partial charge is 0.454 e. The van der Waals surface area contributed by atoms with Crippen LogP contribution in [-0.4, -0.2) is 61.0 Å². The van der Waals surface area contributed by atoms with Gasteiger partial charge in [-0.3, -0.25) is 14.5 Å². The van der Waals surface area contributed by atoms with Crippen LogP contribution in [0.5, 0.6) is 11.5 Å². The summed E-state index contributed by atoms with van der Waals surface area (Å²) in [5, 5.41) is 3.64. The van der Waals surface area contributed by atoms with E-state index in [-0.39, 0.29) is 36.5 Å². The zero-order chi connectivity index (χ0) is 29.6. The summed E-state index contributed by atoms with van der Waals surface area (Å²) in [6, 6.07) is 24.0.